The van der Waals surface area contributed by atoms with Crippen molar-refractivity contribution in [2.45, 2.75) is 31.4 Å². The van der Waals surface area contributed by atoms with Gasteiger partial charge in [0, 0.05) is 45.5 Å². The van der Waals surface area contributed by atoms with Crippen molar-refractivity contribution < 1.29 is 14.7 Å². The quantitative estimate of drug-likeness (QED) is 0.821. The number of piperazine rings is 1. The number of aliphatic hydroxyl groups excluding tert-OH is 1. The zero-order chi connectivity index (χ0) is 17.1. The van der Waals surface area contributed by atoms with Gasteiger partial charge >= 0.3 is 0 Å². The summed E-state index contributed by atoms with van der Waals surface area (Å²) in [6.07, 6.45) is 4.23. The van der Waals surface area contributed by atoms with E-state index in [2.05, 4.69) is 15.2 Å². The van der Waals surface area contributed by atoms with Crippen molar-refractivity contribution in [3.63, 3.8) is 0 Å². The molecule has 24 heavy (non-hydrogen) atoms. The number of nitrogens with one attached hydrogen (secondary N) is 1. The zero-order valence-electron chi connectivity index (χ0n) is 13.9. The number of carbonyl (C=O) groups excluding carboxylic acids is 2. The SMILES string of the molecule is CNC(=O)c1ccc(C(=O)N2CCN([C@@H]3CCC[C@H]3O)CC2)cn1. The van der Waals surface area contributed by atoms with Gasteiger partial charge in [-0.05, 0) is 31.4 Å². The van der Waals surface area contributed by atoms with E-state index >= 15 is 0 Å². The smallest absolute Gasteiger partial charge is 0.269 e. The van der Waals surface area contributed by atoms with Crippen LogP contribution in [0.5, 0.6) is 0 Å². The molecule has 0 unspecified atom stereocenters. The molecule has 2 fully saturated rings. The van der Waals surface area contributed by atoms with Gasteiger partial charge in [-0.25, -0.2) is 0 Å². The van der Waals surface area contributed by atoms with Crippen molar-refractivity contribution in [3.8, 4) is 0 Å². The average molecular weight is 332 g/mol. The molecule has 0 aromatic carbocycles. The molecule has 2 amide bonds. The summed E-state index contributed by atoms with van der Waals surface area (Å²) >= 11 is 0. The number of nitrogens with zero attached hydrogens (tertiary/aromatic N) is 3. The van der Waals surface area contributed by atoms with Crippen LogP contribution in [0.15, 0.2) is 18.3 Å². The predicted octanol–water partition coefficient (Wildman–Crippen LogP) is 0.112. The van der Waals surface area contributed by atoms with E-state index in [1.54, 1.807) is 19.2 Å². The second kappa shape index (κ2) is 7.27. The third-order valence-electron chi connectivity index (χ3n) is 4.98. The summed E-state index contributed by atoms with van der Waals surface area (Å²) in [7, 11) is 1.55. The maximum Gasteiger partial charge on any atom is 0.269 e. The summed E-state index contributed by atoms with van der Waals surface area (Å²) in [6.45, 7) is 2.88. The average Bonchev–Trinajstić information content (AvgIpc) is 3.06. The van der Waals surface area contributed by atoms with Crippen LogP contribution in [-0.4, -0.2) is 77.1 Å². The van der Waals surface area contributed by atoms with E-state index in [1.165, 1.54) is 6.20 Å². The molecule has 2 heterocycles. The first-order valence-corrected chi connectivity index (χ1v) is 8.49. The predicted molar refractivity (Wildman–Crippen MR) is 88.7 cm³/mol. The van der Waals surface area contributed by atoms with Crippen LogP contribution in [0.3, 0.4) is 0 Å². The van der Waals surface area contributed by atoms with Crippen LogP contribution in [0.1, 0.15) is 40.1 Å². The Bertz CT molecular complexity index is 596. The standard InChI is InChI=1S/C17H24N4O3/c1-18-16(23)13-6-5-12(11-19-13)17(24)21-9-7-20(8-10-21)14-3-2-4-15(14)22/h5-6,11,14-15,22H,2-4,7-10H2,1H3,(H,18,23)/t14-,15-/m1/s1. The Balaban J connectivity index is 1.58. The summed E-state index contributed by atoms with van der Waals surface area (Å²) in [5.41, 5.74) is 0.797. The first-order chi connectivity index (χ1) is 11.6. The number of hydrogen-bond acceptors (Lipinski definition) is 5. The van der Waals surface area contributed by atoms with E-state index in [0.29, 0.717) is 24.3 Å². The lowest BCUT2D eigenvalue weighted by molar-refractivity contribution is 0.0315. The normalized spacial score (nSPS) is 24.8. The molecule has 1 saturated heterocycles. The number of amides is 2. The van der Waals surface area contributed by atoms with Crippen LogP contribution >= 0.6 is 0 Å². The lowest BCUT2D eigenvalue weighted by atomic mass is 10.1. The van der Waals surface area contributed by atoms with E-state index < -0.39 is 0 Å². The molecule has 0 radical (unpaired) electrons. The van der Waals surface area contributed by atoms with E-state index in [0.717, 1.165) is 32.4 Å². The Kier molecular flexibility index (Phi) is 5.11. The summed E-state index contributed by atoms with van der Waals surface area (Å²) < 4.78 is 0. The van der Waals surface area contributed by atoms with Gasteiger partial charge in [0.25, 0.3) is 11.8 Å². The Labute approximate surface area is 141 Å². The van der Waals surface area contributed by atoms with Crippen molar-refractivity contribution in [3.05, 3.63) is 29.6 Å². The van der Waals surface area contributed by atoms with Gasteiger partial charge in [0.2, 0.25) is 0 Å². The number of pyridine rings is 1. The Morgan fingerprint density at radius 3 is 2.50 bits per heavy atom. The number of carbonyl (C=O) groups is 2. The van der Waals surface area contributed by atoms with Crippen LogP contribution in [0.4, 0.5) is 0 Å². The minimum Gasteiger partial charge on any atom is -0.391 e. The molecule has 1 aromatic heterocycles. The molecular weight excluding hydrogens is 308 g/mol. The fraction of sp³-hybridized carbons (Fsp3) is 0.588. The monoisotopic (exact) mass is 332 g/mol. The first-order valence-electron chi connectivity index (χ1n) is 8.49. The van der Waals surface area contributed by atoms with Crippen molar-refractivity contribution in [1.82, 2.24) is 20.1 Å². The van der Waals surface area contributed by atoms with Crippen LogP contribution in [0.25, 0.3) is 0 Å². The molecule has 1 aliphatic heterocycles. The lowest BCUT2D eigenvalue weighted by Gasteiger charge is -2.39. The third kappa shape index (κ3) is 3.42. The van der Waals surface area contributed by atoms with Gasteiger partial charge in [-0.2, -0.15) is 0 Å². The molecule has 3 rings (SSSR count). The molecule has 7 heteroatoms. The number of aromatic nitrogens is 1. The molecule has 7 nitrogen and oxygen atoms in total. The molecule has 2 N–H and O–H groups in total. The first kappa shape index (κ1) is 16.9. The van der Waals surface area contributed by atoms with Crippen molar-refractivity contribution in [1.29, 1.82) is 0 Å². The van der Waals surface area contributed by atoms with E-state index in [9.17, 15) is 14.7 Å². The van der Waals surface area contributed by atoms with Crippen molar-refractivity contribution in [2.75, 3.05) is 33.2 Å². The fourth-order valence-corrected chi connectivity index (χ4v) is 3.57. The number of rotatable bonds is 3. The summed E-state index contributed by atoms with van der Waals surface area (Å²) in [6, 6.07) is 3.46. The lowest BCUT2D eigenvalue weighted by Crippen LogP contribution is -2.53. The molecule has 1 aliphatic carbocycles. The van der Waals surface area contributed by atoms with Gasteiger partial charge in [-0.15, -0.1) is 0 Å². The Hall–Kier alpha value is -1.99. The van der Waals surface area contributed by atoms with Gasteiger partial charge in [0.05, 0.1) is 11.7 Å². The highest BCUT2D eigenvalue weighted by molar-refractivity contribution is 5.96. The van der Waals surface area contributed by atoms with Crippen LogP contribution in [0, 0.1) is 0 Å². The minimum absolute atomic E-state index is 0.0578. The van der Waals surface area contributed by atoms with Crippen LogP contribution in [-0.2, 0) is 0 Å². The zero-order valence-corrected chi connectivity index (χ0v) is 13.9. The van der Waals surface area contributed by atoms with Crippen LogP contribution < -0.4 is 5.32 Å². The highest BCUT2D eigenvalue weighted by Crippen LogP contribution is 2.25. The van der Waals surface area contributed by atoms with Gasteiger partial charge in [-0.3, -0.25) is 19.5 Å². The molecule has 2 aliphatic rings. The maximum absolute atomic E-state index is 12.6. The van der Waals surface area contributed by atoms with Crippen LogP contribution in [0.2, 0.25) is 0 Å². The van der Waals surface area contributed by atoms with Gasteiger partial charge in [0.15, 0.2) is 0 Å². The number of hydrogen-bond donors (Lipinski definition) is 2. The van der Waals surface area contributed by atoms with Gasteiger partial charge in [-0.1, -0.05) is 0 Å². The van der Waals surface area contributed by atoms with Crippen molar-refractivity contribution >= 4 is 11.8 Å². The second-order valence-corrected chi connectivity index (χ2v) is 6.41. The van der Waals surface area contributed by atoms with Crippen molar-refractivity contribution in [2.24, 2.45) is 0 Å². The highest BCUT2D eigenvalue weighted by Gasteiger charge is 2.33. The van der Waals surface area contributed by atoms with E-state index in [-0.39, 0.29) is 24.0 Å². The maximum atomic E-state index is 12.6. The number of aliphatic hydroxyl groups is 1. The molecule has 0 bridgehead atoms. The second-order valence-electron chi connectivity index (χ2n) is 6.41. The molecule has 1 saturated carbocycles. The summed E-state index contributed by atoms with van der Waals surface area (Å²) in [5.74, 6) is -0.324. The summed E-state index contributed by atoms with van der Waals surface area (Å²) in [5, 5.41) is 12.5. The fourth-order valence-electron chi connectivity index (χ4n) is 3.57. The largest absolute Gasteiger partial charge is 0.391 e. The highest BCUT2D eigenvalue weighted by atomic mass is 16.3. The van der Waals surface area contributed by atoms with E-state index in [1.807, 2.05) is 4.90 Å². The molecular formula is C17H24N4O3. The third-order valence-corrected chi connectivity index (χ3v) is 4.98. The Morgan fingerprint density at radius 2 is 1.96 bits per heavy atom. The topological polar surface area (TPSA) is 85.8 Å². The summed E-state index contributed by atoms with van der Waals surface area (Å²) in [4.78, 5) is 32.2. The minimum atomic E-state index is -0.266. The molecule has 0 spiro atoms. The van der Waals surface area contributed by atoms with Gasteiger partial charge in [0.1, 0.15) is 5.69 Å². The molecule has 2 atom stereocenters. The van der Waals surface area contributed by atoms with Gasteiger partial charge < -0.3 is 15.3 Å². The van der Waals surface area contributed by atoms with E-state index in [4.69, 9.17) is 0 Å². The Morgan fingerprint density at radius 1 is 1.21 bits per heavy atom. The molecule has 1 aromatic rings. The molecule has 130 valence electrons.